The van der Waals surface area contributed by atoms with E-state index in [4.69, 9.17) is 0 Å². The summed E-state index contributed by atoms with van der Waals surface area (Å²) in [6, 6.07) is 11.2. The van der Waals surface area contributed by atoms with Crippen LogP contribution in [0.5, 0.6) is 17.2 Å². The van der Waals surface area contributed by atoms with Gasteiger partial charge in [-0.25, -0.2) is 0 Å². The summed E-state index contributed by atoms with van der Waals surface area (Å²) >= 11 is 0. The zero-order chi connectivity index (χ0) is 13.8. The van der Waals surface area contributed by atoms with Gasteiger partial charge in [0.15, 0.2) is 17.3 Å². The number of carbonyl (C=O) groups excluding carboxylic acids is 1. The van der Waals surface area contributed by atoms with Gasteiger partial charge in [-0.3, -0.25) is 4.79 Å². The lowest BCUT2D eigenvalue weighted by Crippen LogP contribution is -1.94. The number of rotatable bonds is 3. The molecule has 0 spiro atoms. The van der Waals surface area contributed by atoms with Crippen LogP contribution in [0.1, 0.15) is 15.9 Å². The van der Waals surface area contributed by atoms with E-state index in [1.54, 1.807) is 6.08 Å². The molecule has 0 aliphatic heterocycles. The quantitative estimate of drug-likeness (QED) is 0.341. The van der Waals surface area contributed by atoms with E-state index in [9.17, 15) is 20.1 Å². The van der Waals surface area contributed by atoms with Crippen LogP contribution < -0.4 is 0 Å². The minimum Gasteiger partial charge on any atom is -0.507 e. The van der Waals surface area contributed by atoms with Crippen LogP contribution >= 0.6 is 0 Å². The number of phenols is 3. The van der Waals surface area contributed by atoms with Gasteiger partial charge in [-0.1, -0.05) is 36.4 Å². The molecule has 2 aromatic rings. The Morgan fingerprint density at radius 3 is 2.21 bits per heavy atom. The van der Waals surface area contributed by atoms with E-state index in [0.717, 1.165) is 17.7 Å². The van der Waals surface area contributed by atoms with E-state index in [-0.39, 0.29) is 11.3 Å². The lowest BCUT2D eigenvalue weighted by molar-refractivity contribution is 0.104. The van der Waals surface area contributed by atoms with Crippen LogP contribution in [-0.2, 0) is 0 Å². The van der Waals surface area contributed by atoms with Crippen LogP contribution in [-0.4, -0.2) is 21.1 Å². The van der Waals surface area contributed by atoms with Gasteiger partial charge in [0.1, 0.15) is 5.75 Å². The summed E-state index contributed by atoms with van der Waals surface area (Å²) in [6.07, 6.45) is 2.90. The van der Waals surface area contributed by atoms with Crippen molar-refractivity contribution < 1.29 is 20.1 Å². The SMILES string of the molecule is O=C(C=Cc1ccccc1)c1cc(O)c(O)cc1O. The van der Waals surface area contributed by atoms with Gasteiger partial charge < -0.3 is 15.3 Å². The van der Waals surface area contributed by atoms with Crippen LogP contribution in [0.4, 0.5) is 0 Å². The summed E-state index contributed by atoms with van der Waals surface area (Å²) in [6.45, 7) is 0. The minimum absolute atomic E-state index is 0.0671. The number of ketones is 1. The second-order valence-electron chi connectivity index (χ2n) is 3.97. The average molecular weight is 256 g/mol. The summed E-state index contributed by atoms with van der Waals surface area (Å²) in [7, 11) is 0. The van der Waals surface area contributed by atoms with E-state index in [0.29, 0.717) is 0 Å². The van der Waals surface area contributed by atoms with Gasteiger partial charge >= 0.3 is 0 Å². The van der Waals surface area contributed by atoms with Crippen molar-refractivity contribution in [2.75, 3.05) is 0 Å². The number of allylic oxidation sites excluding steroid dienone is 1. The zero-order valence-corrected chi connectivity index (χ0v) is 9.95. The second-order valence-corrected chi connectivity index (χ2v) is 3.97. The summed E-state index contributed by atoms with van der Waals surface area (Å²) in [5, 5.41) is 28.1. The molecule has 0 bridgehead atoms. The molecule has 96 valence electrons. The molecule has 0 radical (unpaired) electrons. The Bertz CT molecular complexity index is 630. The molecular weight excluding hydrogens is 244 g/mol. The maximum Gasteiger partial charge on any atom is 0.189 e. The van der Waals surface area contributed by atoms with E-state index in [1.807, 2.05) is 30.3 Å². The third-order valence-electron chi connectivity index (χ3n) is 2.59. The topological polar surface area (TPSA) is 77.8 Å². The largest absolute Gasteiger partial charge is 0.507 e. The molecule has 4 heteroatoms. The van der Waals surface area contributed by atoms with Crippen LogP contribution in [0.25, 0.3) is 6.08 Å². The van der Waals surface area contributed by atoms with Crippen LogP contribution in [0.3, 0.4) is 0 Å². The minimum atomic E-state index is -0.471. The van der Waals surface area contributed by atoms with Crippen LogP contribution in [0.15, 0.2) is 48.5 Å². The molecule has 0 amide bonds. The molecule has 0 aliphatic rings. The van der Waals surface area contributed by atoms with E-state index < -0.39 is 17.3 Å². The van der Waals surface area contributed by atoms with Gasteiger partial charge in [-0.2, -0.15) is 0 Å². The molecule has 0 unspecified atom stereocenters. The summed E-state index contributed by atoms with van der Waals surface area (Å²) in [5.74, 6) is -1.76. The van der Waals surface area contributed by atoms with Gasteiger partial charge in [0.05, 0.1) is 5.56 Å². The number of phenolic OH excluding ortho intramolecular Hbond substituents is 3. The van der Waals surface area contributed by atoms with Crippen molar-refractivity contribution in [1.82, 2.24) is 0 Å². The highest BCUT2D eigenvalue weighted by atomic mass is 16.3. The van der Waals surface area contributed by atoms with Crippen molar-refractivity contribution in [3.63, 3.8) is 0 Å². The first-order chi connectivity index (χ1) is 9.08. The van der Waals surface area contributed by atoms with Gasteiger partial charge in [-0.05, 0) is 17.7 Å². The highest BCUT2D eigenvalue weighted by Crippen LogP contribution is 2.32. The van der Waals surface area contributed by atoms with Gasteiger partial charge in [0.25, 0.3) is 0 Å². The predicted molar refractivity (Wildman–Crippen MR) is 71.2 cm³/mol. The van der Waals surface area contributed by atoms with Crippen LogP contribution in [0, 0.1) is 0 Å². The molecule has 2 rings (SSSR count). The molecule has 0 atom stereocenters. The fourth-order valence-corrected chi connectivity index (χ4v) is 1.59. The Balaban J connectivity index is 2.26. The lowest BCUT2D eigenvalue weighted by Gasteiger charge is -2.03. The predicted octanol–water partition coefficient (Wildman–Crippen LogP) is 2.70. The smallest absolute Gasteiger partial charge is 0.189 e. The second kappa shape index (κ2) is 5.27. The van der Waals surface area contributed by atoms with Crippen molar-refractivity contribution in [3.05, 3.63) is 59.7 Å². The summed E-state index contributed by atoms with van der Waals surface area (Å²) in [4.78, 5) is 11.9. The first kappa shape index (κ1) is 12.7. The third-order valence-corrected chi connectivity index (χ3v) is 2.59. The molecule has 4 nitrogen and oxygen atoms in total. The van der Waals surface area contributed by atoms with Gasteiger partial charge in [-0.15, -0.1) is 0 Å². The third kappa shape index (κ3) is 2.93. The van der Waals surface area contributed by atoms with Gasteiger partial charge in [0, 0.05) is 6.07 Å². The molecular formula is C15H12O4. The molecule has 19 heavy (non-hydrogen) atoms. The Labute approximate surface area is 109 Å². The Morgan fingerprint density at radius 1 is 0.895 bits per heavy atom. The number of carbonyl (C=O) groups is 1. The molecule has 0 aromatic heterocycles. The van der Waals surface area contributed by atoms with Gasteiger partial charge in [0.2, 0.25) is 0 Å². The molecule has 0 saturated heterocycles. The number of aromatic hydroxyl groups is 3. The normalized spacial score (nSPS) is 10.7. The summed E-state index contributed by atoms with van der Waals surface area (Å²) in [5.41, 5.74) is 0.779. The fourth-order valence-electron chi connectivity index (χ4n) is 1.59. The number of benzene rings is 2. The standard InChI is InChI=1S/C15H12O4/c16-12(7-6-10-4-2-1-3-5-10)11-8-14(18)15(19)9-13(11)17/h1-9,17-19H. The molecule has 2 aromatic carbocycles. The Kier molecular flexibility index (Phi) is 3.52. The van der Waals surface area contributed by atoms with Crippen molar-refractivity contribution in [3.8, 4) is 17.2 Å². The van der Waals surface area contributed by atoms with Crippen molar-refractivity contribution in [1.29, 1.82) is 0 Å². The maximum atomic E-state index is 11.9. The molecule has 3 N–H and O–H groups in total. The fraction of sp³-hybridized carbons (Fsp3) is 0. The first-order valence-corrected chi connectivity index (χ1v) is 5.60. The lowest BCUT2D eigenvalue weighted by atomic mass is 10.1. The number of hydrogen-bond donors (Lipinski definition) is 3. The van der Waals surface area contributed by atoms with Crippen LogP contribution in [0.2, 0.25) is 0 Å². The van der Waals surface area contributed by atoms with E-state index in [2.05, 4.69) is 0 Å². The number of hydrogen-bond acceptors (Lipinski definition) is 4. The average Bonchev–Trinajstić information content (AvgIpc) is 2.41. The maximum absolute atomic E-state index is 11.9. The monoisotopic (exact) mass is 256 g/mol. The Morgan fingerprint density at radius 2 is 1.53 bits per heavy atom. The summed E-state index contributed by atoms with van der Waals surface area (Å²) < 4.78 is 0. The van der Waals surface area contributed by atoms with E-state index >= 15 is 0 Å². The van der Waals surface area contributed by atoms with Crippen molar-refractivity contribution in [2.24, 2.45) is 0 Å². The molecule has 0 aliphatic carbocycles. The molecule has 0 saturated carbocycles. The van der Waals surface area contributed by atoms with E-state index in [1.165, 1.54) is 6.08 Å². The molecule has 0 fully saturated rings. The highest BCUT2D eigenvalue weighted by Gasteiger charge is 2.12. The zero-order valence-electron chi connectivity index (χ0n) is 9.95. The van der Waals surface area contributed by atoms with Crippen molar-refractivity contribution in [2.45, 2.75) is 0 Å². The molecule has 0 heterocycles. The van der Waals surface area contributed by atoms with Crippen molar-refractivity contribution >= 4 is 11.9 Å². The highest BCUT2D eigenvalue weighted by molar-refractivity contribution is 6.09. The Hall–Kier alpha value is -2.75. The first-order valence-electron chi connectivity index (χ1n) is 5.60.